The van der Waals surface area contributed by atoms with Crippen LogP contribution in [0.4, 0.5) is 5.69 Å². The first-order chi connectivity index (χ1) is 6.74. The van der Waals surface area contributed by atoms with Gasteiger partial charge in [0.2, 0.25) is 0 Å². The first kappa shape index (κ1) is 9.67. The predicted octanol–water partition coefficient (Wildman–Crippen LogP) is 2.43. The lowest BCUT2D eigenvalue weighted by Gasteiger charge is -2.08. The van der Waals surface area contributed by atoms with E-state index < -0.39 is 0 Å². The van der Waals surface area contributed by atoms with Crippen molar-refractivity contribution in [2.75, 3.05) is 5.43 Å². The molecule has 0 saturated carbocycles. The van der Waals surface area contributed by atoms with Crippen molar-refractivity contribution in [1.29, 1.82) is 0 Å². The van der Waals surface area contributed by atoms with Gasteiger partial charge in [-0.15, -0.1) is 0 Å². The number of anilines is 1. The van der Waals surface area contributed by atoms with E-state index in [0.29, 0.717) is 0 Å². The van der Waals surface area contributed by atoms with Crippen molar-refractivity contribution in [2.24, 2.45) is 5.84 Å². The largest absolute Gasteiger partial charge is 0.323 e. The summed E-state index contributed by atoms with van der Waals surface area (Å²) in [6.45, 7) is 2.05. The number of nitrogens with one attached hydrogen (secondary N) is 1. The molecule has 0 bridgehead atoms. The quantitative estimate of drug-likeness (QED) is 0.483. The van der Waals surface area contributed by atoms with Gasteiger partial charge in [-0.3, -0.25) is 10.8 Å². The molecule has 0 spiro atoms. The number of hydrogen-bond donors (Lipinski definition) is 2. The highest BCUT2D eigenvalue weighted by atomic mass is 127. The maximum atomic E-state index is 5.45. The van der Waals surface area contributed by atoms with Crippen LogP contribution in [-0.2, 0) is 0 Å². The summed E-state index contributed by atoms with van der Waals surface area (Å²) < 4.78 is 1.16. The van der Waals surface area contributed by atoms with Crippen molar-refractivity contribution in [3.05, 3.63) is 33.5 Å². The Labute approximate surface area is 95.8 Å². The van der Waals surface area contributed by atoms with Gasteiger partial charge in [0.1, 0.15) is 0 Å². The van der Waals surface area contributed by atoms with Gasteiger partial charge < -0.3 is 5.43 Å². The number of nitrogens with two attached hydrogens (primary N) is 1. The molecule has 0 fully saturated rings. The molecule has 1 heterocycles. The molecule has 0 atom stereocenters. The highest BCUT2D eigenvalue weighted by molar-refractivity contribution is 14.1. The fraction of sp³-hybridized carbons (Fsp3) is 0.100. The average Bonchev–Trinajstić information content (AvgIpc) is 2.23. The van der Waals surface area contributed by atoms with E-state index >= 15 is 0 Å². The Morgan fingerprint density at radius 1 is 1.36 bits per heavy atom. The van der Waals surface area contributed by atoms with Crippen LogP contribution in [0.25, 0.3) is 10.9 Å². The molecule has 2 aromatic rings. The minimum Gasteiger partial charge on any atom is -0.323 e. The zero-order valence-electron chi connectivity index (χ0n) is 7.71. The number of aryl methyl sites for hydroxylation is 1. The van der Waals surface area contributed by atoms with Crippen molar-refractivity contribution in [3.63, 3.8) is 0 Å². The lowest BCUT2D eigenvalue weighted by atomic mass is 10.1. The standard InChI is InChI=1S/C10H10IN3/c1-6-2-3-7(11)9-8(14-12)4-5-13-10(6)9/h2-5H,12H2,1H3,(H,13,14). The van der Waals surface area contributed by atoms with Crippen molar-refractivity contribution >= 4 is 39.2 Å². The van der Waals surface area contributed by atoms with Gasteiger partial charge in [0, 0.05) is 15.2 Å². The third kappa shape index (κ3) is 1.44. The molecule has 72 valence electrons. The van der Waals surface area contributed by atoms with Gasteiger partial charge in [0.15, 0.2) is 0 Å². The van der Waals surface area contributed by atoms with Gasteiger partial charge >= 0.3 is 0 Å². The summed E-state index contributed by atoms with van der Waals surface area (Å²) in [4.78, 5) is 4.35. The van der Waals surface area contributed by atoms with E-state index in [4.69, 9.17) is 5.84 Å². The molecule has 0 amide bonds. The van der Waals surface area contributed by atoms with Crippen LogP contribution in [0.5, 0.6) is 0 Å². The molecular formula is C10H10IN3. The van der Waals surface area contributed by atoms with Gasteiger partial charge in [-0.05, 0) is 47.2 Å². The van der Waals surface area contributed by atoms with E-state index in [9.17, 15) is 0 Å². The summed E-state index contributed by atoms with van der Waals surface area (Å²) in [5.41, 5.74) is 5.78. The van der Waals surface area contributed by atoms with E-state index in [0.717, 1.165) is 25.7 Å². The highest BCUT2D eigenvalue weighted by Gasteiger charge is 2.06. The van der Waals surface area contributed by atoms with Crippen LogP contribution in [0.15, 0.2) is 24.4 Å². The van der Waals surface area contributed by atoms with Gasteiger partial charge in [-0.25, -0.2) is 0 Å². The molecule has 1 aromatic carbocycles. The number of fused-ring (bicyclic) bond motifs is 1. The number of nitrogens with zero attached hydrogens (tertiary/aromatic N) is 1. The van der Waals surface area contributed by atoms with Crippen molar-refractivity contribution in [2.45, 2.75) is 6.92 Å². The molecule has 3 N–H and O–H groups in total. The van der Waals surface area contributed by atoms with E-state index in [1.165, 1.54) is 0 Å². The lowest BCUT2D eigenvalue weighted by Crippen LogP contribution is -2.08. The fourth-order valence-electron chi connectivity index (χ4n) is 1.48. The van der Waals surface area contributed by atoms with Gasteiger partial charge in [0.25, 0.3) is 0 Å². The summed E-state index contributed by atoms with van der Waals surface area (Å²) in [7, 11) is 0. The Balaban J connectivity index is 2.92. The molecule has 4 heteroatoms. The van der Waals surface area contributed by atoms with Crippen LogP contribution < -0.4 is 11.3 Å². The highest BCUT2D eigenvalue weighted by Crippen LogP contribution is 2.27. The summed E-state index contributed by atoms with van der Waals surface area (Å²) in [6, 6.07) is 6.02. The molecule has 0 radical (unpaired) electrons. The lowest BCUT2D eigenvalue weighted by molar-refractivity contribution is 1.31. The normalized spacial score (nSPS) is 10.5. The Bertz CT molecular complexity index is 482. The van der Waals surface area contributed by atoms with E-state index in [1.54, 1.807) is 6.20 Å². The number of rotatable bonds is 1. The molecule has 0 aliphatic carbocycles. The van der Waals surface area contributed by atoms with Gasteiger partial charge in [0.05, 0.1) is 11.2 Å². The monoisotopic (exact) mass is 299 g/mol. The van der Waals surface area contributed by atoms with Crippen molar-refractivity contribution in [3.8, 4) is 0 Å². The van der Waals surface area contributed by atoms with Crippen LogP contribution in [0, 0.1) is 10.5 Å². The number of pyridine rings is 1. The summed E-state index contributed by atoms with van der Waals surface area (Å²) in [5.74, 6) is 5.45. The van der Waals surface area contributed by atoms with Crippen molar-refractivity contribution in [1.82, 2.24) is 4.98 Å². The van der Waals surface area contributed by atoms with Crippen molar-refractivity contribution < 1.29 is 0 Å². The molecule has 0 aliphatic heterocycles. The minimum atomic E-state index is 0.920. The predicted molar refractivity (Wildman–Crippen MR) is 67.0 cm³/mol. The van der Waals surface area contributed by atoms with E-state index in [2.05, 4.69) is 45.1 Å². The first-order valence-electron chi connectivity index (χ1n) is 4.24. The van der Waals surface area contributed by atoms with E-state index in [-0.39, 0.29) is 0 Å². The summed E-state index contributed by atoms with van der Waals surface area (Å²) in [5, 5.41) is 1.09. The maximum Gasteiger partial charge on any atom is 0.0763 e. The topological polar surface area (TPSA) is 50.9 Å². The zero-order chi connectivity index (χ0) is 10.1. The smallest absolute Gasteiger partial charge is 0.0763 e. The number of hydrogen-bond acceptors (Lipinski definition) is 3. The Hall–Kier alpha value is -0.880. The second-order valence-corrected chi connectivity index (χ2v) is 4.25. The second-order valence-electron chi connectivity index (χ2n) is 3.09. The number of aromatic nitrogens is 1. The summed E-state index contributed by atoms with van der Waals surface area (Å²) in [6.07, 6.45) is 1.76. The van der Waals surface area contributed by atoms with Crippen LogP contribution in [0.3, 0.4) is 0 Å². The molecule has 0 saturated heterocycles. The Morgan fingerprint density at radius 2 is 2.14 bits per heavy atom. The van der Waals surface area contributed by atoms with Gasteiger partial charge in [-0.1, -0.05) is 6.07 Å². The zero-order valence-corrected chi connectivity index (χ0v) is 9.87. The maximum absolute atomic E-state index is 5.45. The minimum absolute atomic E-state index is 0.920. The van der Waals surface area contributed by atoms with Crippen LogP contribution in [-0.4, -0.2) is 4.98 Å². The third-order valence-electron chi connectivity index (χ3n) is 2.20. The Kier molecular flexibility index (Phi) is 2.56. The number of halogens is 1. The molecule has 14 heavy (non-hydrogen) atoms. The summed E-state index contributed by atoms with van der Waals surface area (Å²) >= 11 is 2.29. The molecule has 2 rings (SSSR count). The molecular weight excluding hydrogens is 289 g/mol. The Morgan fingerprint density at radius 3 is 2.86 bits per heavy atom. The fourth-order valence-corrected chi connectivity index (χ4v) is 2.21. The molecule has 1 aromatic heterocycles. The molecule has 3 nitrogen and oxygen atoms in total. The van der Waals surface area contributed by atoms with Crippen LogP contribution in [0.2, 0.25) is 0 Å². The number of hydrazine groups is 1. The molecule has 0 unspecified atom stereocenters. The number of benzene rings is 1. The first-order valence-corrected chi connectivity index (χ1v) is 5.32. The third-order valence-corrected chi connectivity index (χ3v) is 3.10. The average molecular weight is 299 g/mol. The SMILES string of the molecule is Cc1ccc(I)c2c(NN)ccnc12. The number of nitrogen functional groups attached to an aromatic ring is 1. The van der Waals surface area contributed by atoms with Gasteiger partial charge in [-0.2, -0.15) is 0 Å². The second kappa shape index (κ2) is 3.70. The van der Waals surface area contributed by atoms with E-state index in [1.807, 2.05) is 13.0 Å². The van der Waals surface area contributed by atoms with Crippen LogP contribution in [0.1, 0.15) is 5.56 Å². The van der Waals surface area contributed by atoms with Crippen LogP contribution >= 0.6 is 22.6 Å². The molecule has 0 aliphatic rings.